The van der Waals surface area contributed by atoms with Crippen LogP contribution in [0.3, 0.4) is 0 Å². The average Bonchev–Trinajstić information content (AvgIpc) is 2.83. The summed E-state index contributed by atoms with van der Waals surface area (Å²) in [6.07, 6.45) is 0. The average molecular weight is 275 g/mol. The van der Waals surface area contributed by atoms with E-state index in [4.69, 9.17) is 0 Å². The Bertz CT molecular complexity index is 600. The van der Waals surface area contributed by atoms with Crippen molar-refractivity contribution in [1.29, 1.82) is 0 Å². The number of carbonyl (C=O) groups excluding carboxylic acids is 1. The summed E-state index contributed by atoms with van der Waals surface area (Å²) < 4.78 is 1.07. The van der Waals surface area contributed by atoms with Crippen LogP contribution in [0.1, 0.15) is 24.2 Å². The molecular formula is C14H17N3OS. The molecular weight excluding hydrogens is 258 g/mol. The Balaban J connectivity index is 1.86. The number of piperazine rings is 1. The van der Waals surface area contributed by atoms with Gasteiger partial charge in [0.2, 0.25) is 0 Å². The van der Waals surface area contributed by atoms with Crippen LogP contribution in [0.15, 0.2) is 23.7 Å². The normalized spacial score (nSPS) is 23.8. The van der Waals surface area contributed by atoms with Crippen LogP contribution in [0, 0.1) is 0 Å². The van der Waals surface area contributed by atoms with Crippen LogP contribution in [0.5, 0.6) is 0 Å². The molecule has 100 valence electrons. The van der Waals surface area contributed by atoms with Gasteiger partial charge in [0.05, 0.1) is 15.7 Å². The van der Waals surface area contributed by atoms with Crippen molar-refractivity contribution < 1.29 is 4.79 Å². The number of amides is 1. The number of carbonyl (C=O) groups is 1. The summed E-state index contributed by atoms with van der Waals surface area (Å²) in [4.78, 5) is 18.7. The molecule has 3 rings (SSSR count). The Kier molecular flexibility index (Phi) is 3.24. The van der Waals surface area contributed by atoms with Crippen molar-refractivity contribution in [2.45, 2.75) is 25.9 Å². The highest BCUT2D eigenvalue weighted by molar-refractivity contribution is 7.16. The van der Waals surface area contributed by atoms with E-state index in [1.54, 1.807) is 11.3 Å². The zero-order valence-electron chi connectivity index (χ0n) is 11.1. The van der Waals surface area contributed by atoms with Crippen molar-refractivity contribution in [3.63, 3.8) is 0 Å². The molecule has 2 atom stereocenters. The lowest BCUT2D eigenvalue weighted by atomic mass is 10.1. The van der Waals surface area contributed by atoms with Gasteiger partial charge in [0.25, 0.3) is 5.91 Å². The van der Waals surface area contributed by atoms with E-state index in [1.807, 2.05) is 28.6 Å². The van der Waals surface area contributed by atoms with Crippen molar-refractivity contribution in [2.75, 3.05) is 13.1 Å². The Labute approximate surface area is 116 Å². The molecule has 1 aliphatic rings. The van der Waals surface area contributed by atoms with E-state index in [0.29, 0.717) is 12.1 Å². The quantitative estimate of drug-likeness (QED) is 0.867. The monoisotopic (exact) mass is 275 g/mol. The number of benzene rings is 1. The molecule has 0 spiro atoms. The van der Waals surface area contributed by atoms with Crippen LogP contribution in [0.4, 0.5) is 0 Å². The minimum Gasteiger partial charge on any atom is -0.336 e. The molecule has 0 radical (unpaired) electrons. The van der Waals surface area contributed by atoms with Crippen molar-refractivity contribution >= 4 is 27.5 Å². The highest BCUT2D eigenvalue weighted by atomic mass is 32.1. The fourth-order valence-electron chi connectivity index (χ4n) is 2.66. The van der Waals surface area contributed by atoms with Crippen LogP contribution >= 0.6 is 11.3 Å². The van der Waals surface area contributed by atoms with Gasteiger partial charge in [0.15, 0.2) is 0 Å². The van der Waals surface area contributed by atoms with Gasteiger partial charge in [-0.1, -0.05) is 0 Å². The Morgan fingerprint density at radius 1 is 1.37 bits per heavy atom. The number of nitrogens with one attached hydrogen (secondary N) is 1. The zero-order valence-corrected chi connectivity index (χ0v) is 11.9. The molecule has 1 amide bonds. The third-order valence-corrected chi connectivity index (χ3v) is 4.21. The Morgan fingerprint density at radius 2 is 2.11 bits per heavy atom. The number of thiazole rings is 1. The first kappa shape index (κ1) is 12.6. The smallest absolute Gasteiger partial charge is 0.254 e. The Hall–Kier alpha value is -1.46. The maximum Gasteiger partial charge on any atom is 0.254 e. The van der Waals surface area contributed by atoms with Crippen LogP contribution < -0.4 is 5.32 Å². The molecule has 1 N–H and O–H groups in total. The number of aromatic nitrogens is 1. The van der Waals surface area contributed by atoms with Gasteiger partial charge in [-0.2, -0.15) is 0 Å². The fourth-order valence-corrected chi connectivity index (χ4v) is 3.38. The molecule has 1 fully saturated rings. The number of hydrogen-bond acceptors (Lipinski definition) is 4. The molecule has 0 unspecified atom stereocenters. The van der Waals surface area contributed by atoms with Gasteiger partial charge in [-0.3, -0.25) is 4.79 Å². The molecule has 2 aromatic rings. The summed E-state index contributed by atoms with van der Waals surface area (Å²) in [6, 6.07) is 6.45. The number of fused-ring (bicyclic) bond motifs is 1. The molecule has 4 nitrogen and oxygen atoms in total. The predicted octanol–water partition coefficient (Wildman–Crippen LogP) is 2.12. The van der Waals surface area contributed by atoms with Gasteiger partial charge in [-0.25, -0.2) is 4.98 Å². The zero-order chi connectivity index (χ0) is 13.4. The number of nitrogens with zero attached hydrogens (tertiary/aromatic N) is 2. The molecule has 1 aromatic carbocycles. The van der Waals surface area contributed by atoms with Crippen molar-refractivity contribution in [3.8, 4) is 0 Å². The van der Waals surface area contributed by atoms with Gasteiger partial charge in [-0.05, 0) is 32.0 Å². The summed E-state index contributed by atoms with van der Waals surface area (Å²) in [6.45, 7) is 5.76. The lowest BCUT2D eigenvalue weighted by Gasteiger charge is -2.36. The molecule has 1 saturated heterocycles. The van der Waals surface area contributed by atoms with Crippen molar-refractivity contribution in [2.24, 2.45) is 0 Å². The van der Waals surface area contributed by atoms with E-state index in [2.05, 4.69) is 24.1 Å². The SMILES string of the molecule is C[C@H]1CN(C(=O)c2ccc3ncsc3c2)C[C@H](C)N1. The first-order chi connectivity index (χ1) is 9.13. The topological polar surface area (TPSA) is 45.2 Å². The summed E-state index contributed by atoms with van der Waals surface area (Å²) in [7, 11) is 0. The second-order valence-electron chi connectivity index (χ2n) is 5.21. The van der Waals surface area contributed by atoms with Gasteiger partial charge in [-0.15, -0.1) is 11.3 Å². The lowest BCUT2D eigenvalue weighted by molar-refractivity contribution is 0.0674. The molecule has 2 heterocycles. The van der Waals surface area contributed by atoms with Crippen molar-refractivity contribution in [1.82, 2.24) is 15.2 Å². The fraction of sp³-hybridized carbons (Fsp3) is 0.429. The van der Waals surface area contributed by atoms with Crippen molar-refractivity contribution in [3.05, 3.63) is 29.3 Å². The second kappa shape index (κ2) is 4.90. The maximum absolute atomic E-state index is 12.5. The highest BCUT2D eigenvalue weighted by Gasteiger charge is 2.25. The number of hydrogen-bond donors (Lipinski definition) is 1. The summed E-state index contributed by atoms with van der Waals surface area (Å²) in [5.74, 6) is 0.121. The molecule has 0 aliphatic carbocycles. The first-order valence-electron chi connectivity index (χ1n) is 6.52. The molecule has 1 aromatic heterocycles. The second-order valence-corrected chi connectivity index (χ2v) is 6.10. The number of rotatable bonds is 1. The third kappa shape index (κ3) is 2.48. The highest BCUT2D eigenvalue weighted by Crippen LogP contribution is 2.20. The lowest BCUT2D eigenvalue weighted by Crippen LogP contribution is -2.55. The molecule has 19 heavy (non-hydrogen) atoms. The van der Waals surface area contributed by atoms with Crippen LogP contribution in [0.25, 0.3) is 10.2 Å². The van der Waals surface area contributed by atoms with Gasteiger partial charge in [0.1, 0.15) is 0 Å². The van der Waals surface area contributed by atoms with E-state index >= 15 is 0 Å². The maximum atomic E-state index is 12.5. The first-order valence-corrected chi connectivity index (χ1v) is 7.40. The largest absolute Gasteiger partial charge is 0.336 e. The van der Waals surface area contributed by atoms with E-state index in [1.165, 1.54) is 0 Å². The minimum atomic E-state index is 0.121. The van der Waals surface area contributed by atoms with Gasteiger partial charge >= 0.3 is 0 Å². The summed E-state index contributed by atoms with van der Waals surface area (Å²) in [5, 5.41) is 3.44. The van der Waals surface area contributed by atoms with E-state index < -0.39 is 0 Å². The molecule has 0 bridgehead atoms. The van der Waals surface area contributed by atoms with Crippen LogP contribution in [0.2, 0.25) is 0 Å². The predicted molar refractivity (Wildman–Crippen MR) is 77.6 cm³/mol. The minimum absolute atomic E-state index is 0.121. The molecule has 1 aliphatic heterocycles. The summed E-state index contributed by atoms with van der Waals surface area (Å²) >= 11 is 1.57. The van der Waals surface area contributed by atoms with E-state index in [-0.39, 0.29) is 5.91 Å². The Morgan fingerprint density at radius 3 is 2.84 bits per heavy atom. The van der Waals surface area contributed by atoms with Gasteiger partial charge in [0, 0.05) is 30.7 Å². The van der Waals surface area contributed by atoms with Crippen LogP contribution in [-0.4, -0.2) is 41.0 Å². The molecule has 0 saturated carbocycles. The standard InChI is InChI=1S/C14H17N3OS/c1-9-6-17(7-10(2)16-9)14(18)11-3-4-12-13(5-11)19-8-15-12/h3-5,8-10,16H,6-7H2,1-2H3/t9-,10-/m0/s1. The molecule has 5 heteroatoms. The van der Waals surface area contributed by atoms with E-state index in [0.717, 1.165) is 28.9 Å². The van der Waals surface area contributed by atoms with Gasteiger partial charge < -0.3 is 10.2 Å². The van der Waals surface area contributed by atoms with E-state index in [9.17, 15) is 4.79 Å². The van der Waals surface area contributed by atoms with Crippen LogP contribution in [-0.2, 0) is 0 Å². The summed E-state index contributed by atoms with van der Waals surface area (Å²) in [5.41, 5.74) is 3.54. The third-order valence-electron chi connectivity index (χ3n) is 3.42.